The fraction of sp³-hybridized carbons (Fsp3) is 0.233. The highest BCUT2D eigenvalue weighted by atomic mass is 32.2. The molecule has 0 saturated carbocycles. The highest BCUT2D eigenvalue weighted by Gasteiger charge is 2.33. The summed E-state index contributed by atoms with van der Waals surface area (Å²) in [7, 11) is 0. The Morgan fingerprint density at radius 2 is 1.42 bits per heavy atom. The number of carbonyl (C=O) groups is 1. The minimum atomic E-state index is -2.34. The first-order chi connectivity index (χ1) is 20.7. The van der Waals surface area contributed by atoms with Crippen LogP contribution >= 0.6 is 11.8 Å². The van der Waals surface area contributed by atoms with Gasteiger partial charge in [0.05, 0.1) is 18.8 Å². The summed E-state index contributed by atoms with van der Waals surface area (Å²) >= 11 is 1.44. The highest BCUT2D eigenvalue weighted by molar-refractivity contribution is 7.99. The van der Waals surface area contributed by atoms with Gasteiger partial charge in [0.1, 0.15) is 5.56 Å². The molecule has 3 aromatic carbocycles. The molecule has 1 aliphatic heterocycles. The van der Waals surface area contributed by atoms with Crippen molar-refractivity contribution in [3.05, 3.63) is 124 Å². The molecule has 0 radical (unpaired) electrons. The molecule has 1 amide bonds. The van der Waals surface area contributed by atoms with Gasteiger partial charge in [-0.05, 0) is 22.8 Å². The molecule has 1 aromatic heterocycles. The third kappa shape index (κ3) is 7.02. The van der Waals surface area contributed by atoms with Gasteiger partial charge in [-0.3, -0.25) is 4.79 Å². The zero-order valence-electron chi connectivity index (χ0n) is 22.3. The molecule has 0 spiro atoms. The Labute approximate surface area is 247 Å². The van der Waals surface area contributed by atoms with Gasteiger partial charge >= 0.3 is 0 Å². The lowest BCUT2D eigenvalue weighted by Crippen LogP contribution is -2.31. The van der Waals surface area contributed by atoms with Crippen LogP contribution in [0.4, 0.5) is 22.0 Å². The first kappa shape index (κ1) is 30.5. The SMILES string of the molecule is O=C(NCc1ccc([C@H]2O[C@@H](CSc3ncccn3)C[C@@H](c3ccc(CO)cc3)O2)cc1)c1c(F)c(F)c(F)c(F)c1F. The number of aliphatic hydroxyl groups excluding tert-OH is 1. The number of nitrogens with zero attached hydrogens (tertiary/aromatic N) is 2. The van der Waals surface area contributed by atoms with E-state index in [9.17, 15) is 31.9 Å². The molecule has 13 heteroatoms. The molecule has 4 aromatic rings. The van der Waals surface area contributed by atoms with Crippen LogP contribution in [-0.4, -0.2) is 32.8 Å². The van der Waals surface area contributed by atoms with Crippen LogP contribution in [0.5, 0.6) is 0 Å². The third-order valence-corrected chi connectivity index (χ3v) is 7.70. The second kappa shape index (κ2) is 13.6. The predicted molar refractivity (Wildman–Crippen MR) is 145 cm³/mol. The van der Waals surface area contributed by atoms with Gasteiger partial charge in [-0.1, -0.05) is 60.3 Å². The molecule has 1 saturated heterocycles. The molecule has 7 nitrogen and oxygen atoms in total. The number of hydrogen-bond acceptors (Lipinski definition) is 7. The van der Waals surface area contributed by atoms with Gasteiger partial charge in [-0.2, -0.15) is 0 Å². The summed E-state index contributed by atoms with van der Waals surface area (Å²) in [6.45, 7) is -0.330. The number of carbonyl (C=O) groups excluding carboxylic acids is 1. The summed E-state index contributed by atoms with van der Waals surface area (Å²) in [5.74, 6) is -12.0. The summed E-state index contributed by atoms with van der Waals surface area (Å²) in [6.07, 6.45) is 2.53. The first-order valence-electron chi connectivity index (χ1n) is 13.0. The molecule has 3 atom stereocenters. The Morgan fingerprint density at radius 3 is 2.05 bits per heavy atom. The normalized spacial score (nSPS) is 18.4. The summed E-state index contributed by atoms with van der Waals surface area (Å²) in [4.78, 5) is 20.8. The fourth-order valence-corrected chi connectivity index (χ4v) is 5.24. The number of halogens is 5. The van der Waals surface area contributed by atoms with Gasteiger partial charge in [0, 0.05) is 36.7 Å². The van der Waals surface area contributed by atoms with E-state index in [4.69, 9.17) is 9.47 Å². The van der Waals surface area contributed by atoms with E-state index in [2.05, 4.69) is 15.3 Å². The van der Waals surface area contributed by atoms with Crippen LogP contribution in [0, 0.1) is 29.1 Å². The lowest BCUT2D eigenvalue weighted by molar-refractivity contribution is -0.245. The summed E-state index contributed by atoms with van der Waals surface area (Å²) in [5, 5.41) is 12.2. The van der Waals surface area contributed by atoms with E-state index in [1.807, 2.05) is 24.3 Å². The molecule has 2 heterocycles. The maximum atomic E-state index is 14.0. The van der Waals surface area contributed by atoms with E-state index in [-0.39, 0.29) is 25.4 Å². The van der Waals surface area contributed by atoms with E-state index in [0.29, 0.717) is 28.5 Å². The average Bonchev–Trinajstić information content (AvgIpc) is 3.05. The number of aromatic nitrogens is 2. The Morgan fingerprint density at radius 1 is 0.837 bits per heavy atom. The molecule has 43 heavy (non-hydrogen) atoms. The molecule has 224 valence electrons. The van der Waals surface area contributed by atoms with Crippen LogP contribution in [-0.2, 0) is 22.6 Å². The van der Waals surface area contributed by atoms with Crippen molar-refractivity contribution >= 4 is 17.7 Å². The zero-order valence-corrected chi connectivity index (χ0v) is 23.1. The molecule has 1 aliphatic rings. The van der Waals surface area contributed by atoms with Crippen molar-refractivity contribution in [3.8, 4) is 0 Å². The van der Waals surface area contributed by atoms with Crippen LogP contribution in [0.25, 0.3) is 0 Å². The third-order valence-electron chi connectivity index (χ3n) is 6.70. The highest BCUT2D eigenvalue weighted by Crippen LogP contribution is 2.39. The first-order valence-corrected chi connectivity index (χ1v) is 14.0. The van der Waals surface area contributed by atoms with Gasteiger partial charge in [0.2, 0.25) is 5.82 Å². The van der Waals surface area contributed by atoms with Crippen molar-refractivity contribution < 1.29 is 41.3 Å². The number of rotatable bonds is 9. The predicted octanol–water partition coefficient (Wildman–Crippen LogP) is 5.93. The number of hydrogen-bond donors (Lipinski definition) is 2. The number of thioether (sulfide) groups is 1. The molecule has 0 bridgehead atoms. The van der Waals surface area contributed by atoms with Gasteiger partial charge in [-0.25, -0.2) is 31.9 Å². The molecule has 0 unspecified atom stereocenters. The number of aliphatic hydroxyl groups is 1. The van der Waals surface area contributed by atoms with E-state index in [1.165, 1.54) is 11.8 Å². The van der Waals surface area contributed by atoms with Crippen LogP contribution in [0.3, 0.4) is 0 Å². The summed E-state index contributed by atoms with van der Waals surface area (Å²) < 4.78 is 80.8. The van der Waals surface area contributed by atoms with E-state index < -0.39 is 46.8 Å². The van der Waals surface area contributed by atoms with Gasteiger partial charge in [-0.15, -0.1) is 0 Å². The van der Waals surface area contributed by atoms with Crippen LogP contribution in [0.2, 0.25) is 0 Å². The number of amides is 1. The van der Waals surface area contributed by atoms with Crippen molar-refractivity contribution in [2.45, 2.75) is 43.2 Å². The zero-order chi connectivity index (χ0) is 30.5. The second-order valence-corrected chi connectivity index (χ2v) is 10.5. The van der Waals surface area contributed by atoms with Crippen molar-refractivity contribution in [2.24, 2.45) is 0 Å². The van der Waals surface area contributed by atoms with Gasteiger partial charge in [0.15, 0.2) is 34.7 Å². The molecule has 0 aliphatic carbocycles. The number of ether oxygens (including phenoxy) is 2. The summed E-state index contributed by atoms with van der Waals surface area (Å²) in [6, 6.07) is 15.7. The van der Waals surface area contributed by atoms with Crippen LogP contribution < -0.4 is 5.32 Å². The number of nitrogens with one attached hydrogen (secondary N) is 1. The van der Waals surface area contributed by atoms with Gasteiger partial charge in [0.25, 0.3) is 5.91 Å². The molecule has 1 fully saturated rings. The Kier molecular flexibility index (Phi) is 9.65. The average molecular weight is 618 g/mol. The minimum Gasteiger partial charge on any atom is -0.392 e. The minimum absolute atomic E-state index is 0.0811. The Hall–Kier alpha value is -3.91. The lowest BCUT2D eigenvalue weighted by atomic mass is 10.0. The van der Waals surface area contributed by atoms with Crippen molar-refractivity contribution in [3.63, 3.8) is 0 Å². The monoisotopic (exact) mass is 617 g/mol. The molecule has 5 rings (SSSR count). The van der Waals surface area contributed by atoms with Crippen molar-refractivity contribution in [2.75, 3.05) is 5.75 Å². The summed E-state index contributed by atoms with van der Waals surface area (Å²) in [5.41, 5.74) is 1.26. The van der Waals surface area contributed by atoms with E-state index >= 15 is 0 Å². The maximum Gasteiger partial charge on any atom is 0.257 e. The maximum absolute atomic E-state index is 14.0. The Balaban J connectivity index is 1.28. The van der Waals surface area contributed by atoms with Crippen molar-refractivity contribution in [1.29, 1.82) is 0 Å². The quantitative estimate of drug-likeness (QED) is 0.0791. The van der Waals surface area contributed by atoms with Crippen LogP contribution in [0.15, 0.2) is 72.1 Å². The second-order valence-electron chi connectivity index (χ2n) is 9.56. The smallest absolute Gasteiger partial charge is 0.257 e. The lowest BCUT2D eigenvalue weighted by Gasteiger charge is -2.36. The van der Waals surface area contributed by atoms with E-state index in [0.717, 1.165) is 11.1 Å². The molecule has 2 N–H and O–H groups in total. The van der Waals surface area contributed by atoms with E-state index in [1.54, 1.807) is 42.7 Å². The standard InChI is InChI=1S/C30H24F5N3O4S/c31-23-22(24(32)26(34)27(35)25(23)33)28(40)38-13-16-2-8-19(9-3-16)29-41-20(15-43-30-36-10-1-11-37-30)12-21(42-29)18-6-4-17(14-39)5-7-18/h1-11,20-21,29,39H,12-15H2,(H,38,40)/t20-,21+,29+/m1/s1. The molecular formula is C30H24F5N3O4S. The Bertz CT molecular complexity index is 1550. The molecular weight excluding hydrogens is 593 g/mol. The topological polar surface area (TPSA) is 93.6 Å². The largest absolute Gasteiger partial charge is 0.392 e. The number of benzene rings is 3. The fourth-order valence-electron chi connectivity index (χ4n) is 4.42. The van der Waals surface area contributed by atoms with Gasteiger partial charge < -0.3 is 19.9 Å². The van der Waals surface area contributed by atoms with Crippen LogP contribution in [0.1, 0.15) is 51.4 Å². The van der Waals surface area contributed by atoms with Crippen molar-refractivity contribution in [1.82, 2.24) is 15.3 Å².